The van der Waals surface area contributed by atoms with Gasteiger partial charge in [-0.1, -0.05) is 13.5 Å². The van der Waals surface area contributed by atoms with E-state index >= 15 is 0 Å². The third kappa shape index (κ3) is 7.45. The van der Waals surface area contributed by atoms with Crippen LogP contribution in [0.15, 0.2) is 12.2 Å². The van der Waals surface area contributed by atoms with E-state index in [1.54, 1.807) is 6.92 Å². The first-order chi connectivity index (χ1) is 8.09. The maximum Gasteiger partial charge on any atom is 0.333 e. The van der Waals surface area contributed by atoms with Crippen LogP contribution in [0, 0.1) is 0 Å². The Morgan fingerprint density at radius 1 is 1.11 bits per heavy atom. The molecule has 0 unspecified atom stereocenters. The standard InChI is InChI=1S/C14H26O4/c1-8-13(4,5)17-18-14(6,7)9-10-16-12(15)11(2)3/h2,8-10H2,1,3-7H3. The number of hydrogen-bond donors (Lipinski definition) is 0. The molecule has 0 spiro atoms. The average Bonchev–Trinajstić information content (AvgIpc) is 2.26. The molecule has 0 aromatic carbocycles. The molecule has 0 aliphatic heterocycles. The van der Waals surface area contributed by atoms with E-state index < -0.39 is 5.60 Å². The molecule has 0 saturated heterocycles. The van der Waals surface area contributed by atoms with Crippen LogP contribution in [0.25, 0.3) is 0 Å². The number of ether oxygens (including phenoxy) is 1. The number of rotatable bonds is 8. The summed E-state index contributed by atoms with van der Waals surface area (Å²) >= 11 is 0. The van der Waals surface area contributed by atoms with Crippen LogP contribution in [0.4, 0.5) is 0 Å². The lowest BCUT2D eigenvalue weighted by Crippen LogP contribution is -2.33. The largest absolute Gasteiger partial charge is 0.462 e. The Morgan fingerprint density at radius 3 is 2.06 bits per heavy atom. The molecule has 0 rings (SSSR count). The minimum absolute atomic E-state index is 0.286. The molecule has 0 aliphatic rings. The van der Waals surface area contributed by atoms with Crippen LogP contribution in [0.2, 0.25) is 0 Å². The van der Waals surface area contributed by atoms with Crippen molar-refractivity contribution in [3.05, 3.63) is 12.2 Å². The van der Waals surface area contributed by atoms with E-state index in [9.17, 15) is 4.79 Å². The van der Waals surface area contributed by atoms with Crippen molar-refractivity contribution in [3.63, 3.8) is 0 Å². The third-order valence-electron chi connectivity index (χ3n) is 2.63. The Balaban J connectivity index is 4.01. The Kier molecular flexibility index (Phi) is 6.57. The normalized spacial score (nSPS) is 12.3. The number of carbonyl (C=O) groups is 1. The molecule has 0 amide bonds. The summed E-state index contributed by atoms with van der Waals surface area (Å²) in [6, 6.07) is 0. The Bertz CT molecular complexity index is 292. The lowest BCUT2D eigenvalue weighted by atomic mass is 10.1. The second-order valence-corrected chi connectivity index (χ2v) is 5.71. The highest BCUT2D eigenvalue weighted by Crippen LogP contribution is 2.21. The molecule has 0 heterocycles. The summed E-state index contributed by atoms with van der Waals surface area (Å²) in [4.78, 5) is 22.0. The van der Waals surface area contributed by atoms with Crippen LogP contribution in [0.5, 0.6) is 0 Å². The molecule has 0 N–H and O–H groups in total. The first-order valence-corrected chi connectivity index (χ1v) is 6.29. The fourth-order valence-electron chi connectivity index (χ4n) is 0.839. The van der Waals surface area contributed by atoms with Crippen molar-refractivity contribution in [2.45, 2.75) is 65.6 Å². The monoisotopic (exact) mass is 258 g/mol. The van der Waals surface area contributed by atoms with Gasteiger partial charge < -0.3 is 4.74 Å². The van der Waals surface area contributed by atoms with E-state index in [1.807, 2.05) is 34.6 Å². The van der Waals surface area contributed by atoms with E-state index in [1.165, 1.54) is 0 Å². The smallest absolute Gasteiger partial charge is 0.333 e. The highest BCUT2D eigenvalue weighted by molar-refractivity contribution is 5.86. The van der Waals surface area contributed by atoms with Gasteiger partial charge in [0.25, 0.3) is 0 Å². The van der Waals surface area contributed by atoms with Crippen molar-refractivity contribution in [2.75, 3.05) is 6.61 Å². The van der Waals surface area contributed by atoms with Gasteiger partial charge in [0, 0.05) is 12.0 Å². The van der Waals surface area contributed by atoms with Crippen molar-refractivity contribution in [3.8, 4) is 0 Å². The second kappa shape index (κ2) is 6.90. The number of hydrogen-bond acceptors (Lipinski definition) is 4. The molecule has 4 heteroatoms. The van der Waals surface area contributed by atoms with Crippen LogP contribution in [-0.4, -0.2) is 23.8 Å². The average molecular weight is 258 g/mol. The highest BCUT2D eigenvalue weighted by Gasteiger charge is 2.25. The third-order valence-corrected chi connectivity index (χ3v) is 2.63. The van der Waals surface area contributed by atoms with E-state index in [4.69, 9.17) is 14.5 Å². The zero-order chi connectivity index (χ0) is 14.4. The molecule has 106 valence electrons. The van der Waals surface area contributed by atoms with Gasteiger partial charge in [0.15, 0.2) is 0 Å². The minimum atomic E-state index is -0.498. The van der Waals surface area contributed by atoms with Gasteiger partial charge in [0.1, 0.15) is 5.60 Å². The molecular weight excluding hydrogens is 232 g/mol. The summed E-state index contributed by atoms with van der Waals surface area (Å²) in [5.41, 5.74) is -0.412. The topological polar surface area (TPSA) is 44.8 Å². The van der Waals surface area contributed by atoms with Gasteiger partial charge in [-0.05, 0) is 41.0 Å². The first-order valence-electron chi connectivity index (χ1n) is 6.29. The first kappa shape index (κ1) is 17.1. The zero-order valence-corrected chi connectivity index (χ0v) is 12.5. The van der Waals surface area contributed by atoms with Crippen molar-refractivity contribution < 1.29 is 19.3 Å². The van der Waals surface area contributed by atoms with Gasteiger partial charge in [0.2, 0.25) is 0 Å². The van der Waals surface area contributed by atoms with Gasteiger partial charge in [-0.2, -0.15) is 0 Å². The molecule has 0 saturated carbocycles. The predicted molar refractivity (Wildman–Crippen MR) is 71.0 cm³/mol. The number of esters is 1. The molecule has 0 radical (unpaired) electrons. The van der Waals surface area contributed by atoms with Gasteiger partial charge in [-0.15, -0.1) is 0 Å². The summed E-state index contributed by atoms with van der Waals surface area (Å²) < 4.78 is 5.02. The molecule has 0 aromatic heterocycles. The maximum atomic E-state index is 11.2. The Morgan fingerprint density at radius 2 is 1.61 bits per heavy atom. The molecule has 0 aliphatic carbocycles. The van der Waals surface area contributed by atoms with Crippen LogP contribution in [0.1, 0.15) is 54.4 Å². The predicted octanol–water partition coefficient (Wildman–Crippen LogP) is 3.41. The van der Waals surface area contributed by atoms with Gasteiger partial charge >= 0.3 is 5.97 Å². The minimum Gasteiger partial charge on any atom is -0.462 e. The Hall–Kier alpha value is -0.870. The second-order valence-electron chi connectivity index (χ2n) is 5.71. The van der Waals surface area contributed by atoms with Crippen LogP contribution in [0.3, 0.4) is 0 Å². The molecule has 0 bridgehead atoms. The highest BCUT2D eigenvalue weighted by atomic mass is 17.2. The number of carbonyl (C=O) groups excluding carboxylic acids is 1. The van der Waals surface area contributed by atoms with Crippen LogP contribution < -0.4 is 0 Å². The Labute approximate surface area is 110 Å². The van der Waals surface area contributed by atoms with Gasteiger partial charge in [-0.25, -0.2) is 14.6 Å². The zero-order valence-electron chi connectivity index (χ0n) is 12.5. The van der Waals surface area contributed by atoms with Gasteiger partial charge in [-0.3, -0.25) is 0 Å². The van der Waals surface area contributed by atoms with Crippen LogP contribution >= 0.6 is 0 Å². The molecule has 0 aromatic rings. The molecule has 0 fully saturated rings. The van der Waals surface area contributed by atoms with E-state index in [-0.39, 0.29) is 18.2 Å². The molecule has 18 heavy (non-hydrogen) atoms. The van der Waals surface area contributed by atoms with E-state index in [0.717, 1.165) is 6.42 Å². The van der Waals surface area contributed by atoms with Crippen molar-refractivity contribution in [1.29, 1.82) is 0 Å². The van der Waals surface area contributed by atoms with E-state index in [2.05, 4.69) is 6.58 Å². The lowest BCUT2D eigenvalue weighted by molar-refractivity contribution is -0.402. The van der Waals surface area contributed by atoms with Gasteiger partial charge in [0.05, 0.1) is 12.2 Å². The summed E-state index contributed by atoms with van der Waals surface area (Å²) in [6.45, 7) is 15.2. The molecule has 4 nitrogen and oxygen atoms in total. The fourth-order valence-corrected chi connectivity index (χ4v) is 0.839. The van der Waals surface area contributed by atoms with Crippen molar-refractivity contribution >= 4 is 5.97 Å². The van der Waals surface area contributed by atoms with E-state index in [0.29, 0.717) is 12.0 Å². The van der Waals surface area contributed by atoms with Crippen LogP contribution in [-0.2, 0) is 19.3 Å². The summed E-state index contributed by atoms with van der Waals surface area (Å²) in [7, 11) is 0. The summed E-state index contributed by atoms with van der Waals surface area (Å²) in [5, 5.41) is 0. The molecular formula is C14H26O4. The lowest BCUT2D eigenvalue weighted by Gasteiger charge is -2.29. The quantitative estimate of drug-likeness (QED) is 0.290. The maximum absolute atomic E-state index is 11.2. The SMILES string of the molecule is C=C(C)C(=O)OCCC(C)(C)OOC(C)(C)CC. The van der Waals surface area contributed by atoms with Crippen molar-refractivity contribution in [2.24, 2.45) is 0 Å². The summed E-state index contributed by atoms with van der Waals surface area (Å²) in [6.07, 6.45) is 1.42. The molecule has 0 atom stereocenters. The van der Waals surface area contributed by atoms with Crippen molar-refractivity contribution in [1.82, 2.24) is 0 Å². The summed E-state index contributed by atoms with van der Waals surface area (Å²) in [5.74, 6) is -0.374. The fraction of sp³-hybridized carbons (Fsp3) is 0.786.